The number of hydrogen-bond donors (Lipinski definition) is 2. The third kappa shape index (κ3) is 3.14. The molecule has 1 fully saturated rings. The maximum absolute atomic E-state index is 9.27. The van der Waals surface area contributed by atoms with Gasteiger partial charge in [0, 0.05) is 5.69 Å². The number of aromatic hydroxyl groups is 1. The molecule has 0 saturated carbocycles. The van der Waals surface area contributed by atoms with Crippen molar-refractivity contribution in [1.29, 1.82) is 5.26 Å². The van der Waals surface area contributed by atoms with E-state index >= 15 is 0 Å². The van der Waals surface area contributed by atoms with Crippen LogP contribution in [0, 0.1) is 17.2 Å². The zero-order valence-electron chi connectivity index (χ0n) is 10.8. The van der Waals surface area contributed by atoms with Crippen LogP contribution in [-0.4, -0.2) is 37.8 Å². The van der Waals surface area contributed by atoms with Crippen molar-refractivity contribution in [2.75, 3.05) is 37.6 Å². The van der Waals surface area contributed by atoms with Gasteiger partial charge in [-0.1, -0.05) is 0 Å². The summed E-state index contributed by atoms with van der Waals surface area (Å²) in [5, 5.41) is 18.1. The Labute approximate surface area is 108 Å². The lowest BCUT2D eigenvalue weighted by molar-refractivity contribution is -0.902. The highest BCUT2D eigenvalue weighted by Gasteiger charge is 2.21. The number of nitrogens with one attached hydrogen (secondary N) is 1. The normalized spacial score (nSPS) is 18.3. The van der Waals surface area contributed by atoms with E-state index in [0.29, 0.717) is 5.75 Å². The average Bonchev–Trinajstić information content (AvgIpc) is 2.40. The summed E-state index contributed by atoms with van der Waals surface area (Å²) in [4.78, 5) is 3.85. The second-order valence-electron chi connectivity index (χ2n) is 4.99. The molecule has 4 nitrogen and oxygen atoms in total. The Morgan fingerprint density at radius 3 is 2.50 bits per heavy atom. The molecule has 0 spiro atoms. The highest BCUT2D eigenvalue weighted by molar-refractivity contribution is 5.48. The zero-order valence-corrected chi connectivity index (χ0v) is 10.8. The second-order valence-corrected chi connectivity index (χ2v) is 4.99. The molecule has 0 aliphatic carbocycles. The van der Waals surface area contributed by atoms with Gasteiger partial charge in [0.05, 0.1) is 44.7 Å². The summed E-state index contributed by atoms with van der Waals surface area (Å²) in [6.07, 6.45) is 0. The molecule has 1 heterocycles. The highest BCUT2D eigenvalue weighted by Crippen LogP contribution is 2.18. The summed E-state index contributed by atoms with van der Waals surface area (Å²) in [5.41, 5.74) is 1.17. The molecule has 2 N–H and O–H groups in total. The molecule has 1 saturated heterocycles. The molecule has 96 valence electrons. The molecule has 18 heavy (non-hydrogen) atoms. The van der Waals surface area contributed by atoms with Crippen molar-refractivity contribution in [1.82, 2.24) is 0 Å². The summed E-state index contributed by atoms with van der Waals surface area (Å²) < 4.78 is 0. The van der Waals surface area contributed by atoms with E-state index in [2.05, 4.69) is 11.0 Å². The van der Waals surface area contributed by atoms with E-state index in [9.17, 15) is 5.11 Å². The van der Waals surface area contributed by atoms with Crippen LogP contribution in [0.1, 0.15) is 6.92 Å². The summed E-state index contributed by atoms with van der Waals surface area (Å²) in [6, 6.07) is 9.67. The van der Waals surface area contributed by atoms with Crippen LogP contribution in [0.3, 0.4) is 0 Å². The van der Waals surface area contributed by atoms with Gasteiger partial charge in [0.1, 0.15) is 5.75 Å². The molecular formula is C14H20N3O+. The fraction of sp³-hybridized carbons (Fsp3) is 0.500. The van der Waals surface area contributed by atoms with E-state index in [1.807, 2.05) is 19.1 Å². The van der Waals surface area contributed by atoms with Gasteiger partial charge in [-0.3, -0.25) is 0 Å². The SMILES string of the molecule is C[C@@H](C#N)C[NH+]1CCN(c2ccc(O)cc2)CC1. The summed E-state index contributed by atoms with van der Waals surface area (Å²) in [7, 11) is 0. The minimum absolute atomic E-state index is 0.139. The molecule has 2 rings (SSSR count). The molecule has 1 aliphatic rings. The average molecular weight is 246 g/mol. The van der Waals surface area contributed by atoms with Crippen molar-refractivity contribution < 1.29 is 10.0 Å². The predicted octanol–water partition coefficient (Wildman–Crippen LogP) is 0.257. The van der Waals surface area contributed by atoms with Gasteiger partial charge in [0.15, 0.2) is 0 Å². The van der Waals surface area contributed by atoms with Crippen molar-refractivity contribution >= 4 is 5.69 Å². The first-order valence-corrected chi connectivity index (χ1v) is 6.46. The lowest BCUT2D eigenvalue weighted by Gasteiger charge is -2.34. The standard InChI is InChI=1S/C14H19N3O/c1-12(10-15)11-16-6-8-17(9-7-16)13-2-4-14(18)5-3-13/h2-5,12,18H,6-9,11H2,1H3/p+1/t12-/m0/s1. The lowest BCUT2D eigenvalue weighted by atomic mass is 10.1. The zero-order chi connectivity index (χ0) is 13.0. The number of anilines is 1. The monoisotopic (exact) mass is 246 g/mol. The minimum atomic E-state index is 0.139. The van der Waals surface area contributed by atoms with E-state index in [-0.39, 0.29) is 5.92 Å². The van der Waals surface area contributed by atoms with Gasteiger partial charge < -0.3 is 14.9 Å². The van der Waals surface area contributed by atoms with Crippen LogP contribution in [-0.2, 0) is 0 Å². The Balaban J connectivity index is 1.87. The Morgan fingerprint density at radius 2 is 1.94 bits per heavy atom. The van der Waals surface area contributed by atoms with Gasteiger partial charge in [-0.15, -0.1) is 0 Å². The lowest BCUT2D eigenvalue weighted by Crippen LogP contribution is -3.15. The number of phenols is 1. The quantitative estimate of drug-likeness (QED) is 0.804. The van der Waals surface area contributed by atoms with E-state index in [0.717, 1.165) is 32.7 Å². The van der Waals surface area contributed by atoms with Gasteiger partial charge in [-0.25, -0.2) is 0 Å². The maximum Gasteiger partial charge on any atom is 0.115 e. The Kier molecular flexibility index (Phi) is 4.06. The maximum atomic E-state index is 9.27. The largest absolute Gasteiger partial charge is 0.508 e. The van der Waals surface area contributed by atoms with Crippen LogP contribution in [0.15, 0.2) is 24.3 Å². The van der Waals surface area contributed by atoms with E-state index in [1.54, 1.807) is 12.1 Å². The number of rotatable bonds is 3. The van der Waals surface area contributed by atoms with Crippen molar-refractivity contribution in [2.24, 2.45) is 5.92 Å². The van der Waals surface area contributed by atoms with Crippen LogP contribution >= 0.6 is 0 Å². The summed E-state index contributed by atoms with van der Waals surface area (Å²) in [5.74, 6) is 0.450. The van der Waals surface area contributed by atoms with E-state index in [1.165, 1.54) is 10.6 Å². The number of nitrogens with zero attached hydrogens (tertiary/aromatic N) is 2. The van der Waals surface area contributed by atoms with Crippen LogP contribution < -0.4 is 9.80 Å². The predicted molar refractivity (Wildman–Crippen MR) is 70.7 cm³/mol. The number of quaternary nitrogens is 1. The molecular weight excluding hydrogens is 226 g/mol. The van der Waals surface area contributed by atoms with Crippen LogP contribution in [0.4, 0.5) is 5.69 Å². The summed E-state index contributed by atoms with van der Waals surface area (Å²) in [6.45, 7) is 7.11. The van der Waals surface area contributed by atoms with Gasteiger partial charge in [-0.2, -0.15) is 5.26 Å². The van der Waals surface area contributed by atoms with Crippen LogP contribution in [0.2, 0.25) is 0 Å². The highest BCUT2D eigenvalue weighted by atomic mass is 16.3. The first-order valence-electron chi connectivity index (χ1n) is 6.46. The number of benzene rings is 1. The number of nitriles is 1. The first-order chi connectivity index (χ1) is 8.69. The Bertz CT molecular complexity index is 416. The summed E-state index contributed by atoms with van der Waals surface area (Å²) >= 11 is 0. The van der Waals surface area contributed by atoms with Crippen LogP contribution in [0.5, 0.6) is 5.75 Å². The number of piperazine rings is 1. The molecule has 1 aliphatic heterocycles. The topological polar surface area (TPSA) is 51.7 Å². The molecule has 0 bridgehead atoms. The third-order valence-corrected chi connectivity index (χ3v) is 3.50. The number of phenolic OH excluding ortho intramolecular Hbond substituents is 1. The van der Waals surface area contributed by atoms with Crippen LogP contribution in [0.25, 0.3) is 0 Å². The van der Waals surface area contributed by atoms with Crippen molar-refractivity contribution in [3.05, 3.63) is 24.3 Å². The van der Waals surface area contributed by atoms with Gasteiger partial charge >= 0.3 is 0 Å². The molecule has 0 amide bonds. The fourth-order valence-corrected chi connectivity index (χ4v) is 2.43. The van der Waals surface area contributed by atoms with Gasteiger partial charge in [-0.05, 0) is 31.2 Å². The minimum Gasteiger partial charge on any atom is -0.508 e. The molecule has 0 aromatic heterocycles. The van der Waals surface area contributed by atoms with Crippen molar-refractivity contribution in [2.45, 2.75) is 6.92 Å². The van der Waals surface area contributed by atoms with Crippen molar-refractivity contribution in [3.8, 4) is 11.8 Å². The smallest absolute Gasteiger partial charge is 0.115 e. The number of hydrogen-bond acceptors (Lipinski definition) is 3. The first kappa shape index (κ1) is 12.7. The Morgan fingerprint density at radius 1 is 1.33 bits per heavy atom. The molecule has 1 aromatic rings. The van der Waals surface area contributed by atoms with E-state index in [4.69, 9.17) is 5.26 Å². The molecule has 0 unspecified atom stereocenters. The van der Waals surface area contributed by atoms with Gasteiger partial charge in [0.2, 0.25) is 0 Å². The molecule has 1 aromatic carbocycles. The molecule has 0 radical (unpaired) electrons. The van der Waals surface area contributed by atoms with Gasteiger partial charge in [0.25, 0.3) is 0 Å². The van der Waals surface area contributed by atoms with Crippen molar-refractivity contribution in [3.63, 3.8) is 0 Å². The molecule has 4 heteroatoms. The fourth-order valence-electron chi connectivity index (χ4n) is 2.43. The second kappa shape index (κ2) is 5.74. The van der Waals surface area contributed by atoms with E-state index < -0.39 is 0 Å². The Hall–Kier alpha value is -1.73. The molecule has 1 atom stereocenters. The third-order valence-electron chi connectivity index (χ3n) is 3.50.